The first kappa shape index (κ1) is 15.8. The van der Waals surface area contributed by atoms with Crippen molar-refractivity contribution in [2.45, 2.75) is 19.4 Å². The van der Waals surface area contributed by atoms with E-state index in [-0.39, 0.29) is 5.82 Å². The van der Waals surface area contributed by atoms with Crippen LogP contribution in [0.3, 0.4) is 0 Å². The third-order valence-corrected chi connectivity index (χ3v) is 4.24. The smallest absolute Gasteiger partial charge is 0.123 e. The molecular weight excluding hydrogens is 289 g/mol. The van der Waals surface area contributed by atoms with Crippen LogP contribution in [0.1, 0.15) is 24.0 Å². The summed E-state index contributed by atoms with van der Waals surface area (Å²) in [6.45, 7) is 2.52. The fraction of sp³-hybridized carbons (Fsp3) is 0.300. The second-order valence-corrected chi connectivity index (χ2v) is 5.90. The van der Waals surface area contributed by atoms with Crippen molar-refractivity contribution >= 4 is 5.57 Å². The van der Waals surface area contributed by atoms with E-state index in [0.717, 1.165) is 42.6 Å². The lowest BCUT2D eigenvalue weighted by molar-refractivity contribution is 0.235. The minimum absolute atomic E-state index is 0.203. The molecule has 23 heavy (non-hydrogen) atoms. The Morgan fingerprint density at radius 3 is 2.61 bits per heavy atom. The lowest BCUT2D eigenvalue weighted by Gasteiger charge is -2.25. The Morgan fingerprint density at radius 2 is 1.87 bits per heavy atom. The molecular formula is C20H22FNO. The molecule has 0 bridgehead atoms. The van der Waals surface area contributed by atoms with Gasteiger partial charge < -0.3 is 10.1 Å². The van der Waals surface area contributed by atoms with Crippen LogP contribution in [-0.4, -0.2) is 13.1 Å². The molecule has 1 fully saturated rings. The van der Waals surface area contributed by atoms with Crippen LogP contribution in [0, 0.1) is 11.7 Å². The van der Waals surface area contributed by atoms with E-state index in [4.69, 9.17) is 4.74 Å². The largest absolute Gasteiger partial charge is 0.496 e. The van der Waals surface area contributed by atoms with E-state index in [2.05, 4.69) is 5.32 Å². The Labute approximate surface area is 137 Å². The fourth-order valence-electron chi connectivity index (χ4n) is 3.00. The molecule has 0 atom stereocenters. The van der Waals surface area contributed by atoms with Crippen LogP contribution in [0.25, 0.3) is 5.57 Å². The van der Waals surface area contributed by atoms with Gasteiger partial charge >= 0.3 is 0 Å². The highest BCUT2D eigenvalue weighted by atomic mass is 19.1. The molecule has 1 saturated heterocycles. The van der Waals surface area contributed by atoms with Crippen LogP contribution >= 0.6 is 0 Å². The molecule has 120 valence electrons. The summed E-state index contributed by atoms with van der Waals surface area (Å²) < 4.78 is 19.4. The second kappa shape index (κ2) is 7.93. The summed E-state index contributed by atoms with van der Waals surface area (Å²) in [6, 6.07) is 16.9. The predicted octanol–water partition coefficient (Wildman–Crippen LogP) is 4.38. The number of hydrogen-bond donors (Lipinski definition) is 1. The summed E-state index contributed by atoms with van der Waals surface area (Å²) in [7, 11) is 0. The van der Waals surface area contributed by atoms with Gasteiger partial charge in [0.15, 0.2) is 0 Å². The molecule has 3 heteroatoms. The SMILES string of the molecule is Fc1cccc(C(=COCc2ccccc2)C2CCNCC2)c1. The molecule has 1 N–H and O–H groups in total. The van der Waals surface area contributed by atoms with Crippen molar-refractivity contribution in [2.24, 2.45) is 5.92 Å². The van der Waals surface area contributed by atoms with Gasteiger partial charge in [0.2, 0.25) is 0 Å². The summed E-state index contributed by atoms with van der Waals surface area (Å²) in [5, 5.41) is 3.37. The minimum Gasteiger partial charge on any atom is -0.496 e. The Kier molecular flexibility index (Phi) is 5.43. The van der Waals surface area contributed by atoms with E-state index in [1.54, 1.807) is 12.1 Å². The summed E-state index contributed by atoms with van der Waals surface area (Å²) >= 11 is 0. The highest BCUT2D eigenvalue weighted by Gasteiger charge is 2.19. The van der Waals surface area contributed by atoms with Crippen molar-refractivity contribution in [3.63, 3.8) is 0 Å². The van der Waals surface area contributed by atoms with Crippen LogP contribution in [0.15, 0.2) is 60.9 Å². The molecule has 0 unspecified atom stereocenters. The van der Waals surface area contributed by atoms with Crippen molar-refractivity contribution in [3.05, 3.63) is 77.8 Å². The van der Waals surface area contributed by atoms with Gasteiger partial charge in [-0.25, -0.2) is 4.39 Å². The highest BCUT2D eigenvalue weighted by Crippen LogP contribution is 2.30. The Hall–Kier alpha value is -2.13. The van der Waals surface area contributed by atoms with Gasteiger partial charge in [-0.05, 0) is 60.7 Å². The zero-order valence-electron chi connectivity index (χ0n) is 13.2. The monoisotopic (exact) mass is 311 g/mol. The zero-order chi connectivity index (χ0) is 15.9. The Bertz CT molecular complexity index is 648. The molecule has 0 saturated carbocycles. The lowest BCUT2D eigenvalue weighted by atomic mass is 9.86. The van der Waals surface area contributed by atoms with Crippen molar-refractivity contribution in [1.29, 1.82) is 0 Å². The number of rotatable bonds is 5. The van der Waals surface area contributed by atoms with Crippen molar-refractivity contribution in [3.8, 4) is 0 Å². The Morgan fingerprint density at radius 1 is 1.09 bits per heavy atom. The van der Waals surface area contributed by atoms with Crippen molar-refractivity contribution < 1.29 is 9.13 Å². The molecule has 1 aliphatic rings. The molecule has 2 nitrogen and oxygen atoms in total. The highest BCUT2D eigenvalue weighted by molar-refractivity contribution is 5.66. The van der Waals surface area contributed by atoms with Crippen molar-refractivity contribution in [1.82, 2.24) is 5.32 Å². The maximum Gasteiger partial charge on any atom is 0.123 e. The lowest BCUT2D eigenvalue weighted by Crippen LogP contribution is -2.28. The van der Waals surface area contributed by atoms with E-state index < -0.39 is 0 Å². The molecule has 2 aromatic carbocycles. The first-order chi connectivity index (χ1) is 11.3. The summed E-state index contributed by atoms with van der Waals surface area (Å²) in [4.78, 5) is 0. The van der Waals surface area contributed by atoms with Crippen molar-refractivity contribution in [2.75, 3.05) is 13.1 Å². The number of nitrogens with one attached hydrogen (secondary N) is 1. The van der Waals surface area contributed by atoms with Crippen LogP contribution in [0.2, 0.25) is 0 Å². The Balaban J connectivity index is 1.78. The number of allylic oxidation sites excluding steroid dienone is 1. The van der Waals surface area contributed by atoms with E-state index in [9.17, 15) is 4.39 Å². The number of hydrogen-bond acceptors (Lipinski definition) is 2. The number of piperidine rings is 1. The molecule has 0 amide bonds. The van der Waals surface area contributed by atoms with Gasteiger partial charge in [0.25, 0.3) is 0 Å². The standard InChI is InChI=1S/C20H22FNO/c21-19-8-4-7-18(13-19)20(17-9-11-22-12-10-17)15-23-14-16-5-2-1-3-6-16/h1-8,13,15,17,22H,9-12,14H2. The van der Waals surface area contributed by atoms with Gasteiger partial charge in [-0.15, -0.1) is 0 Å². The van der Waals surface area contributed by atoms with E-state index in [1.165, 1.54) is 6.07 Å². The van der Waals surface area contributed by atoms with Crippen LogP contribution in [0.5, 0.6) is 0 Å². The van der Waals surface area contributed by atoms with Gasteiger partial charge in [-0.1, -0.05) is 42.5 Å². The van der Waals surface area contributed by atoms with Gasteiger partial charge in [-0.2, -0.15) is 0 Å². The number of benzene rings is 2. The predicted molar refractivity (Wildman–Crippen MR) is 91.2 cm³/mol. The number of halogens is 1. The summed E-state index contributed by atoms with van der Waals surface area (Å²) in [5.41, 5.74) is 3.15. The topological polar surface area (TPSA) is 21.3 Å². The third kappa shape index (κ3) is 4.42. The molecule has 0 aromatic heterocycles. The zero-order valence-corrected chi connectivity index (χ0v) is 13.2. The van der Waals surface area contributed by atoms with E-state index in [0.29, 0.717) is 12.5 Å². The van der Waals surface area contributed by atoms with Crippen LogP contribution in [0.4, 0.5) is 4.39 Å². The average molecular weight is 311 g/mol. The molecule has 0 spiro atoms. The van der Waals surface area contributed by atoms with Gasteiger partial charge in [0, 0.05) is 0 Å². The maximum atomic E-state index is 13.6. The fourth-order valence-corrected chi connectivity index (χ4v) is 3.00. The van der Waals surface area contributed by atoms with E-state index in [1.807, 2.05) is 42.7 Å². The summed E-state index contributed by atoms with van der Waals surface area (Å²) in [6.07, 6.45) is 3.94. The van der Waals surface area contributed by atoms with Gasteiger partial charge in [0.1, 0.15) is 12.4 Å². The molecule has 0 radical (unpaired) electrons. The van der Waals surface area contributed by atoms with E-state index >= 15 is 0 Å². The van der Waals surface area contributed by atoms with Crippen LogP contribution in [-0.2, 0) is 11.3 Å². The van der Waals surface area contributed by atoms with Gasteiger partial charge in [-0.3, -0.25) is 0 Å². The normalized spacial score (nSPS) is 16.3. The molecule has 2 aromatic rings. The summed E-state index contributed by atoms with van der Waals surface area (Å²) in [5.74, 6) is 0.208. The quantitative estimate of drug-likeness (QED) is 0.827. The van der Waals surface area contributed by atoms with Crippen LogP contribution < -0.4 is 5.32 Å². The maximum absolute atomic E-state index is 13.6. The van der Waals surface area contributed by atoms with Gasteiger partial charge in [0.05, 0.1) is 6.26 Å². The third-order valence-electron chi connectivity index (χ3n) is 4.24. The average Bonchev–Trinajstić information content (AvgIpc) is 2.60. The first-order valence-corrected chi connectivity index (χ1v) is 8.15. The minimum atomic E-state index is -0.203. The molecule has 1 aliphatic heterocycles. The second-order valence-electron chi connectivity index (χ2n) is 5.90. The molecule has 0 aliphatic carbocycles. The molecule has 1 heterocycles. The molecule has 3 rings (SSSR count). The first-order valence-electron chi connectivity index (χ1n) is 8.15. The number of ether oxygens (including phenoxy) is 1.